The first-order valence-corrected chi connectivity index (χ1v) is 8.00. The zero-order valence-corrected chi connectivity index (χ0v) is 13.8. The van der Waals surface area contributed by atoms with Crippen LogP contribution in [0.5, 0.6) is 11.5 Å². The van der Waals surface area contributed by atoms with Crippen LogP contribution in [0.25, 0.3) is 6.08 Å². The number of carboxylic acid groups (broad SMARTS) is 1. The number of allylic oxidation sites excluding steroid dienone is 1. The van der Waals surface area contributed by atoms with Crippen LogP contribution in [0.1, 0.15) is 26.3 Å². The molecule has 26 heavy (non-hydrogen) atoms. The minimum absolute atomic E-state index is 0.0514. The van der Waals surface area contributed by atoms with Crippen LogP contribution >= 0.6 is 0 Å². The van der Waals surface area contributed by atoms with Gasteiger partial charge in [-0.05, 0) is 48.0 Å². The molecule has 4 heteroatoms. The molecule has 0 aliphatic rings. The van der Waals surface area contributed by atoms with Gasteiger partial charge in [0.15, 0.2) is 5.78 Å². The van der Waals surface area contributed by atoms with Crippen LogP contribution < -0.4 is 4.74 Å². The van der Waals surface area contributed by atoms with Gasteiger partial charge in [-0.25, -0.2) is 4.79 Å². The highest BCUT2D eigenvalue weighted by atomic mass is 16.5. The molecule has 0 saturated carbocycles. The molecule has 0 aliphatic carbocycles. The van der Waals surface area contributed by atoms with Crippen LogP contribution in [0.3, 0.4) is 0 Å². The van der Waals surface area contributed by atoms with Crippen LogP contribution in [0.4, 0.5) is 0 Å². The summed E-state index contributed by atoms with van der Waals surface area (Å²) in [6, 6.07) is 22.5. The van der Waals surface area contributed by atoms with Crippen molar-refractivity contribution in [2.45, 2.75) is 0 Å². The molecule has 0 aliphatic heterocycles. The number of ether oxygens (including phenoxy) is 1. The quantitative estimate of drug-likeness (QED) is 0.501. The molecular formula is C22H16O4. The van der Waals surface area contributed by atoms with Gasteiger partial charge in [-0.15, -0.1) is 0 Å². The number of aromatic carboxylic acids is 1. The summed E-state index contributed by atoms with van der Waals surface area (Å²) in [5.74, 6) is 0.152. The Labute approximate surface area is 151 Å². The molecule has 3 aromatic rings. The van der Waals surface area contributed by atoms with Crippen LogP contribution in [-0.2, 0) is 0 Å². The van der Waals surface area contributed by atoms with Crippen molar-refractivity contribution in [3.8, 4) is 11.5 Å². The van der Waals surface area contributed by atoms with Gasteiger partial charge < -0.3 is 9.84 Å². The molecule has 0 heterocycles. The van der Waals surface area contributed by atoms with E-state index in [9.17, 15) is 9.59 Å². The average Bonchev–Trinajstić information content (AvgIpc) is 2.68. The van der Waals surface area contributed by atoms with Gasteiger partial charge in [0.1, 0.15) is 11.5 Å². The maximum Gasteiger partial charge on any atom is 0.335 e. The van der Waals surface area contributed by atoms with E-state index in [4.69, 9.17) is 9.84 Å². The minimum Gasteiger partial charge on any atom is -0.478 e. The predicted molar refractivity (Wildman–Crippen MR) is 99.7 cm³/mol. The lowest BCUT2D eigenvalue weighted by Crippen LogP contribution is -1.95. The molecule has 1 N–H and O–H groups in total. The van der Waals surface area contributed by atoms with Crippen molar-refractivity contribution in [2.24, 2.45) is 0 Å². The SMILES string of the molecule is O=C(O)c1ccc(Oc2ccc(/C=C/C(=O)c3ccccc3)cc2)cc1. The molecule has 3 rings (SSSR count). The maximum absolute atomic E-state index is 12.0. The molecule has 0 spiro atoms. The number of hydrogen-bond donors (Lipinski definition) is 1. The zero-order chi connectivity index (χ0) is 18.4. The van der Waals surface area contributed by atoms with Crippen molar-refractivity contribution in [1.82, 2.24) is 0 Å². The second-order valence-corrected chi connectivity index (χ2v) is 5.56. The number of benzene rings is 3. The minimum atomic E-state index is -0.974. The number of carbonyl (C=O) groups excluding carboxylic acids is 1. The number of carbonyl (C=O) groups is 2. The van der Waals surface area contributed by atoms with Crippen molar-refractivity contribution >= 4 is 17.8 Å². The van der Waals surface area contributed by atoms with Crippen molar-refractivity contribution in [3.63, 3.8) is 0 Å². The van der Waals surface area contributed by atoms with Gasteiger partial charge in [0.25, 0.3) is 0 Å². The van der Waals surface area contributed by atoms with E-state index >= 15 is 0 Å². The summed E-state index contributed by atoms with van der Waals surface area (Å²) in [6.07, 6.45) is 3.29. The van der Waals surface area contributed by atoms with Gasteiger partial charge in [-0.3, -0.25) is 4.79 Å². The fourth-order valence-electron chi connectivity index (χ4n) is 2.32. The summed E-state index contributed by atoms with van der Waals surface area (Å²) in [5.41, 5.74) is 1.73. The maximum atomic E-state index is 12.0. The Kier molecular flexibility index (Phi) is 5.25. The molecule has 0 unspecified atom stereocenters. The third-order valence-corrected chi connectivity index (χ3v) is 3.70. The Morgan fingerprint density at radius 3 is 1.88 bits per heavy atom. The third-order valence-electron chi connectivity index (χ3n) is 3.70. The Balaban J connectivity index is 1.64. The number of carboxylic acids is 1. The molecule has 0 fully saturated rings. The van der Waals surface area contributed by atoms with Crippen LogP contribution in [0.2, 0.25) is 0 Å². The normalized spacial score (nSPS) is 10.6. The highest BCUT2D eigenvalue weighted by Gasteiger charge is 2.03. The molecule has 4 nitrogen and oxygen atoms in total. The van der Waals surface area contributed by atoms with E-state index in [2.05, 4.69) is 0 Å². The molecule has 0 atom stereocenters. The summed E-state index contributed by atoms with van der Waals surface area (Å²) in [4.78, 5) is 22.9. The first-order chi connectivity index (χ1) is 12.6. The van der Waals surface area contributed by atoms with Gasteiger partial charge in [-0.2, -0.15) is 0 Å². The van der Waals surface area contributed by atoms with E-state index < -0.39 is 5.97 Å². The highest BCUT2D eigenvalue weighted by molar-refractivity contribution is 6.06. The number of rotatable bonds is 6. The lowest BCUT2D eigenvalue weighted by atomic mass is 10.1. The molecule has 128 valence electrons. The van der Waals surface area contributed by atoms with E-state index in [-0.39, 0.29) is 11.3 Å². The molecular weight excluding hydrogens is 328 g/mol. The summed E-state index contributed by atoms with van der Waals surface area (Å²) < 4.78 is 5.68. The predicted octanol–water partition coefficient (Wildman–Crippen LogP) is 5.07. The van der Waals surface area contributed by atoms with Crippen LogP contribution in [0.15, 0.2) is 84.9 Å². The monoisotopic (exact) mass is 344 g/mol. The topological polar surface area (TPSA) is 63.6 Å². The van der Waals surface area contributed by atoms with Crippen LogP contribution in [0, 0.1) is 0 Å². The number of hydrogen-bond acceptors (Lipinski definition) is 3. The molecule has 0 aromatic heterocycles. The first-order valence-electron chi connectivity index (χ1n) is 8.00. The first kappa shape index (κ1) is 17.2. The smallest absolute Gasteiger partial charge is 0.335 e. The molecule has 0 amide bonds. The van der Waals surface area contributed by atoms with Gasteiger partial charge in [0.05, 0.1) is 5.56 Å². The lowest BCUT2D eigenvalue weighted by Gasteiger charge is -2.06. The third kappa shape index (κ3) is 4.45. The summed E-state index contributed by atoms with van der Waals surface area (Å²) in [6.45, 7) is 0. The van der Waals surface area contributed by atoms with Gasteiger partial charge in [0.2, 0.25) is 0 Å². The van der Waals surface area contributed by atoms with Crippen molar-refractivity contribution in [1.29, 1.82) is 0 Å². The summed E-state index contributed by atoms with van der Waals surface area (Å²) >= 11 is 0. The van der Waals surface area contributed by atoms with Crippen molar-refractivity contribution in [2.75, 3.05) is 0 Å². The van der Waals surface area contributed by atoms with Crippen molar-refractivity contribution in [3.05, 3.63) is 102 Å². The second-order valence-electron chi connectivity index (χ2n) is 5.56. The van der Waals surface area contributed by atoms with Crippen molar-refractivity contribution < 1.29 is 19.4 Å². The van der Waals surface area contributed by atoms with Gasteiger partial charge in [0, 0.05) is 5.56 Å². The Morgan fingerprint density at radius 2 is 1.31 bits per heavy atom. The van der Waals surface area contributed by atoms with E-state index in [0.29, 0.717) is 17.1 Å². The standard InChI is InChI=1S/C22H16O4/c23-21(17-4-2-1-3-5-17)15-8-16-6-11-19(12-7-16)26-20-13-9-18(10-14-20)22(24)25/h1-15H,(H,24,25)/b15-8+. The molecule has 0 bridgehead atoms. The largest absolute Gasteiger partial charge is 0.478 e. The lowest BCUT2D eigenvalue weighted by molar-refractivity contribution is 0.0696. The van der Waals surface area contributed by atoms with E-state index in [1.54, 1.807) is 42.5 Å². The molecule has 0 saturated heterocycles. The van der Waals surface area contributed by atoms with Gasteiger partial charge >= 0.3 is 5.97 Å². The molecule has 3 aromatic carbocycles. The van der Waals surface area contributed by atoms with E-state index in [1.165, 1.54) is 18.2 Å². The summed E-state index contributed by atoms with van der Waals surface area (Å²) in [7, 11) is 0. The fraction of sp³-hybridized carbons (Fsp3) is 0. The Morgan fingerprint density at radius 1 is 0.731 bits per heavy atom. The van der Waals surface area contributed by atoms with Gasteiger partial charge in [-0.1, -0.05) is 48.5 Å². The van der Waals surface area contributed by atoms with E-state index in [1.807, 2.05) is 30.3 Å². The Bertz CT molecular complexity index is 924. The molecule has 0 radical (unpaired) electrons. The van der Waals surface area contributed by atoms with Crippen LogP contribution in [-0.4, -0.2) is 16.9 Å². The van der Waals surface area contributed by atoms with E-state index in [0.717, 1.165) is 5.56 Å². The number of ketones is 1. The zero-order valence-electron chi connectivity index (χ0n) is 13.8. The Hall–Kier alpha value is -3.66. The second kappa shape index (κ2) is 7.94. The highest BCUT2D eigenvalue weighted by Crippen LogP contribution is 2.22. The summed E-state index contributed by atoms with van der Waals surface area (Å²) in [5, 5.41) is 8.89. The fourth-order valence-corrected chi connectivity index (χ4v) is 2.32. The average molecular weight is 344 g/mol.